The Morgan fingerprint density at radius 2 is 2.08 bits per heavy atom. The van der Waals surface area contributed by atoms with E-state index in [0.29, 0.717) is 16.7 Å². The quantitative estimate of drug-likeness (QED) is 0.696. The number of amides is 1. The molecule has 0 aliphatic rings. The normalized spacial score (nSPS) is 11.8. The van der Waals surface area contributed by atoms with Crippen molar-refractivity contribution in [1.29, 1.82) is 5.26 Å². The monoisotopic (exact) mass is 358 g/mol. The van der Waals surface area contributed by atoms with Gasteiger partial charge in [0.2, 0.25) is 5.91 Å². The molecule has 0 spiro atoms. The molecule has 26 heavy (non-hydrogen) atoms. The maximum Gasteiger partial charge on any atom is 0.433 e. The molecular weight excluding hydrogens is 349 g/mol. The first-order chi connectivity index (χ1) is 12.3. The number of nitrogens with one attached hydrogen (secondary N) is 1. The Balaban J connectivity index is 2.15. The predicted molar refractivity (Wildman–Crippen MR) is 85.1 cm³/mol. The fourth-order valence-corrected chi connectivity index (χ4v) is 2.23. The van der Waals surface area contributed by atoms with Crippen molar-refractivity contribution in [2.45, 2.75) is 6.18 Å². The van der Waals surface area contributed by atoms with Crippen molar-refractivity contribution in [1.82, 2.24) is 19.9 Å². The molecule has 0 fully saturated rings. The number of hydrogen-bond donors (Lipinski definition) is 2. The number of fused-ring (bicyclic) bond motifs is 1. The summed E-state index contributed by atoms with van der Waals surface area (Å²) in [4.78, 5) is 25.3. The Bertz CT molecular complexity index is 1080. The van der Waals surface area contributed by atoms with Crippen LogP contribution in [-0.4, -0.2) is 25.8 Å². The first-order valence-corrected chi connectivity index (χ1v) is 7.09. The lowest BCUT2D eigenvalue weighted by molar-refractivity contribution is -0.141. The minimum Gasteiger partial charge on any atom is -0.366 e. The summed E-state index contributed by atoms with van der Waals surface area (Å²) in [5, 5.41) is 8.93. The van der Waals surface area contributed by atoms with Gasteiger partial charge in [0.25, 0.3) is 0 Å². The largest absolute Gasteiger partial charge is 0.433 e. The lowest BCUT2D eigenvalue weighted by Gasteiger charge is -2.08. The highest BCUT2D eigenvalue weighted by atomic mass is 19.4. The Morgan fingerprint density at radius 3 is 2.73 bits per heavy atom. The van der Waals surface area contributed by atoms with E-state index in [1.165, 1.54) is 24.5 Å². The van der Waals surface area contributed by atoms with Crippen molar-refractivity contribution in [3.63, 3.8) is 0 Å². The SMILES string of the molecule is N#Cc1cc(-c2cnc3[nH]cc(/C=C/C(N)=O)c3n2)cc(C(F)(F)F)n1. The Morgan fingerprint density at radius 1 is 1.31 bits per heavy atom. The number of aromatic nitrogens is 4. The van der Waals surface area contributed by atoms with Gasteiger partial charge >= 0.3 is 6.18 Å². The lowest BCUT2D eigenvalue weighted by atomic mass is 10.1. The number of aromatic amines is 1. The molecule has 0 radical (unpaired) electrons. The second-order valence-corrected chi connectivity index (χ2v) is 5.17. The number of alkyl halides is 3. The first-order valence-electron chi connectivity index (χ1n) is 7.09. The van der Waals surface area contributed by atoms with Crippen LogP contribution in [-0.2, 0) is 11.0 Å². The van der Waals surface area contributed by atoms with Gasteiger partial charge in [-0.2, -0.15) is 18.4 Å². The summed E-state index contributed by atoms with van der Waals surface area (Å²) in [7, 11) is 0. The number of carbonyl (C=O) groups is 1. The molecule has 0 saturated carbocycles. The highest BCUT2D eigenvalue weighted by molar-refractivity contribution is 5.93. The van der Waals surface area contributed by atoms with Gasteiger partial charge < -0.3 is 10.7 Å². The second kappa shape index (κ2) is 6.29. The van der Waals surface area contributed by atoms with Crippen molar-refractivity contribution >= 4 is 23.1 Å². The van der Waals surface area contributed by atoms with Crippen LogP contribution in [0.15, 0.2) is 30.6 Å². The lowest BCUT2D eigenvalue weighted by Crippen LogP contribution is -2.09. The van der Waals surface area contributed by atoms with Crippen molar-refractivity contribution in [3.8, 4) is 17.3 Å². The molecule has 0 atom stereocenters. The van der Waals surface area contributed by atoms with Crippen molar-refractivity contribution < 1.29 is 18.0 Å². The summed E-state index contributed by atoms with van der Waals surface area (Å²) in [5.74, 6) is -0.661. The average molecular weight is 358 g/mol. The van der Waals surface area contributed by atoms with Crippen LogP contribution >= 0.6 is 0 Å². The van der Waals surface area contributed by atoms with E-state index >= 15 is 0 Å². The average Bonchev–Trinajstić information content (AvgIpc) is 3.01. The minimum atomic E-state index is -4.71. The molecule has 7 nitrogen and oxygen atoms in total. The number of H-pyrrole nitrogens is 1. The molecule has 0 bridgehead atoms. The Hall–Kier alpha value is -3.74. The van der Waals surface area contributed by atoms with Gasteiger partial charge in [0.1, 0.15) is 23.0 Å². The molecule has 10 heteroatoms. The number of nitrogens with zero attached hydrogens (tertiary/aromatic N) is 4. The summed E-state index contributed by atoms with van der Waals surface area (Å²) in [5.41, 5.74) is 4.83. The molecule has 3 N–H and O–H groups in total. The molecule has 3 aromatic rings. The summed E-state index contributed by atoms with van der Waals surface area (Å²) >= 11 is 0. The van der Waals surface area contributed by atoms with Gasteiger partial charge in [-0.05, 0) is 18.2 Å². The number of rotatable bonds is 3. The van der Waals surface area contributed by atoms with E-state index in [1.54, 1.807) is 6.07 Å². The summed E-state index contributed by atoms with van der Waals surface area (Å²) in [6, 6.07) is 3.58. The van der Waals surface area contributed by atoms with Crippen LogP contribution in [0.2, 0.25) is 0 Å². The maximum absolute atomic E-state index is 13.0. The van der Waals surface area contributed by atoms with E-state index in [2.05, 4.69) is 19.9 Å². The molecule has 0 aliphatic carbocycles. The van der Waals surface area contributed by atoms with Crippen LogP contribution in [0.1, 0.15) is 17.0 Å². The third kappa shape index (κ3) is 3.36. The van der Waals surface area contributed by atoms with Gasteiger partial charge in [-0.3, -0.25) is 4.79 Å². The van der Waals surface area contributed by atoms with E-state index in [1.807, 2.05) is 0 Å². The predicted octanol–water partition coefficient (Wildman–Crippen LogP) is 2.41. The molecule has 0 saturated heterocycles. The first kappa shape index (κ1) is 17.1. The van der Waals surface area contributed by atoms with Crippen LogP contribution in [0.25, 0.3) is 28.5 Å². The van der Waals surface area contributed by atoms with Crippen molar-refractivity contribution in [2.75, 3.05) is 0 Å². The van der Waals surface area contributed by atoms with Crippen LogP contribution in [0.3, 0.4) is 0 Å². The molecule has 3 heterocycles. The van der Waals surface area contributed by atoms with E-state index in [0.717, 1.165) is 12.1 Å². The van der Waals surface area contributed by atoms with Gasteiger partial charge in [-0.25, -0.2) is 15.0 Å². The fourth-order valence-electron chi connectivity index (χ4n) is 2.23. The fraction of sp³-hybridized carbons (Fsp3) is 0.0625. The minimum absolute atomic E-state index is 0.0457. The number of nitriles is 1. The van der Waals surface area contributed by atoms with Gasteiger partial charge in [0, 0.05) is 23.4 Å². The highest BCUT2D eigenvalue weighted by Gasteiger charge is 2.33. The van der Waals surface area contributed by atoms with E-state index in [4.69, 9.17) is 11.0 Å². The Labute approximate surface area is 144 Å². The van der Waals surface area contributed by atoms with E-state index in [9.17, 15) is 18.0 Å². The smallest absolute Gasteiger partial charge is 0.366 e. The van der Waals surface area contributed by atoms with Crippen LogP contribution in [0.5, 0.6) is 0 Å². The molecule has 130 valence electrons. The zero-order chi connectivity index (χ0) is 18.9. The second-order valence-electron chi connectivity index (χ2n) is 5.17. The number of pyridine rings is 1. The number of primary amides is 1. The molecular formula is C16H9F3N6O. The van der Waals surface area contributed by atoms with Gasteiger partial charge in [0.05, 0.1) is 11.9 Å². The van der Waals surface area contributed by atoms with E-state index < -0.39 is 17.8 Å². The van der Waals surface area contributed by atoms with Crippen LogP contribution in [0.4, 0.5) is 13.2 Å². The number of nitrogens with two attached hydrogens (primary N) is 1. The number of halogens is 3. The van der Waals surface area contributed by atoms with Gasteiger partial charge in [-0.1, -0.05) is 0 Å². The molecule has 3 rings (SSSR count). The molecule has 0 aromatic carbocycles. The van der Waals surface area contributed by atoms with Crippen molar-refractivity contribution in [3.05, 3.63) is 47.6 Å². The zero-order valence-electron chi connectivity index (χ0n) is 12.9. The van der Waals surface area contributed by atoms with Crippen molar-refractivity contribution in [2.24, 2.45) is 5.73 Å². The topological polar surface area (TPSA) is 121 Å². The van der Waals surface area contributed by atoms with E-state index in [-0.39, 0.29) is 17.0 Å². The molecule has 0 aliphatic heterocycles. The molecule has 1 amide bonds. The third-order valence-electron chi connectivity index (χ3n) is 3.36. The van der Waals surface area contributed by atoms with Gasteiger partial charge in [0.15, 0.2) is 5.65 Å². The zero-order valence-corrected chi connectivity index (χ0v) is 12.9. The Kier molecular flexibility index (Phi) is 4.13. The summed E-state index contributed by atoms with van der Waals surface area (Å²) in [6.45, 7) is 0. The summed E-state index contributed by atoms with van der Waals surface area (Å²) in [6.07, 6.45) is 0.634. The standard InChI is InChI=1S/C16H9F3N6O/c17-16(18,19)12-4-9(3-10(5-20)24-12)11-7-23-15-14(25-11)8(6-22-15)1-2-13(21)26/h1-4,6-7H,(H2,21,26)(H,22,23)/b2-1+. The highest BCUT2D eigenvalue weighted by Crippen LogP contribution is 2.31. The number of carbonyl (C=O) groups excluding carboxylic acids is 1. The van der Waals surface area contributed by atoms with Crippen LogP contribution in [0, 0.1) is 11.3 Å². The number of hydrogen-bond acceptors (Lipinski definition) is 5. The third-order valence-corrected chi connectivity index (χ3v) is 3.36. The summed E-state index contributed by atoms with van der Waals surface area (Å²) < 4.78 is 38.9. The molecule has 0 unspecified atom stereocenters. The molecule has 3 aromatic heterocycles. The maximum atomic E-state index is 13.0. The van der Waals surface area contributed by atoms with Crippen LogP contribution < -0.4 is 5.73 Å². The van der Waals surface area contributed by atoms with Gasteiger partial charge in [-0.15, -0.1) is 0 Å².